The highest BCUT2D eigenvalue weighted by molar-refractivity contribution is 5.91. The number of carbonyl (C=O) groups excluding carboxylic acids is 1. The van der Waals surface area contributed by atoms with Gasteiger partial charge in [-0.25, -0.2) is 4.79 Å². The van der Waals surface area contributed by atoms with Crippen molar-refractivity contribution in [2.45, 2.75) is 32.6 Å². The molecule has 2 atom stereocenters. The van der Waals surface area contributed by atoms with Crippen molar-refractivity contribution < 1.29 is 14.7 Å². The van der Waals surface area contributed by atoms with Gasteiger partial charge in [-0.1, -0.05) is 31.5 Å². The number of carboxylic acids is 1. The first-order valence-corrected chi connectivity index (χ1v) is 7.94. The number of carbonyl (C=O) groups is 2. The van der Waals surface area contributed by atoms with Gasteiger partial charge in [-0.05, 0) is 36.8 Å². The smallest absolute Gasteiger partial charge is 0.321 e. The summed E-state index contributed by atoms with van der Waals surface area (Å²) in [6.07, 6.45) is 3.38. The Morgan fingerprint density at radius 2 is 2.18 bits per heavy atom. The fourth-order valence-electron chi connectivity index (χ4n) is 3.94. The van der Waals surface area contributed by atoms with Crippen LogP contribution in [-0.4, -0.2) is 35.1 Å². The third-order valence-corrected chi connectivity index (χ3v) is 5.22. The van der Waals surface area contributed by atoms with Gasteiger partial charge in [0, 0.05) is 18.8 Å². The van der Waals surface area contributed by atoms with E-state index in [9.17, 15) is 14.7 Å². The summed E-state index contributed by atoms with van der Waals surface area (Å²) in [5.74, 6) is -0.656. The van der Waals surface area contributed by atoms with Crippen molar-refractivity contribution in [3.63, 3.8) is 0 Å². The fourth-order valence-corrected chi connectivity index (χ4v) is 3.94. The number of urea groups is 1. The molecule has 1 saturated carbocycles. The molecule has 1 aromatic carbocycles. The maximum absolute atomic E-state index is 12.5. The summed E-state index contributed by atoms with van der Waals surface area (Å²) in [7, 11) is 0. The predicted molar refractivity (Wildman–Crippen MR) is 83.8 cm³/mol. The lowest BCUT2D eigenvalue weighted by Gasteiger charge is -2.23. The van der Waals surface area contributed by atoms with E-state index in [0.717, 1.165) is 30.5 Å². The number of fused-ring (bicyclic) bond motifs is 1. The van der Waals surface area contributed by atoms with Crippen molar-refractivity contribution in [1.29, 1.82) is 0 Å². The van der Waals surface area contributed by atoms with Crippen LogP contribution in [0, 0.1) is 11.3 Å². The highest BCUT2D eigenvalue weighted by Crippen LogP contribution is 2.48. The van der Waals surface area contributed by atoms with Gasteiger partial charge in [0.05, 0.1) is 5.41 Å². The summed E-state index contributed by atoms with van der Waals surface area (Å²) in [5.41, 5.74) is 1.18. The molecule has 0 aromatic heterocycles. The second-order valence-electron chi connectivity index (χ2n) is 6.37. The highest BCUT2D eigenvalue weighted by atomic mass is 16.4. The van der Waals surface area contributed by atoms with Crippen LogP contribution >= 0.6 is 0 Å². The zero-order chi connectivity index (χ0) is 15.7. The van der Waals surface area contributed by atoms with Gasteiger partial charge < -0.3 is 15.3 Å². The molecule has 0 radical (unpaired) electrons. The molecule has 2 aliphatic rings. The molecular weight excluding hydrogens is 280 g/mol. The molecule has 1 aliphatic heterocycles. The maximum Gasteiger partial charge on any atom is 0.321 e. The Labute approximate surface area is 130 Å². The van der Waals surface area contributed by atoms with Crippen molar-refractivity contribution in [2.75, 3.05) is 18.4 Å². The number of hydrogen-bond acceptors (Lipinski definition) is 2. The number of amides is 2. The zero-order valence-electron chi connectivity index (χ0n) is 12.8. The third-order valence-electron chi connectivity index (χ3n) is 5.22. The van der Waals surface area contributed by atoms with Crippen LogP contribution in [-0.2, 0) is 11.2 Å². The first-order chi connectivity index (χ1) is 10.6. The molecule has 1 heterocycles. The topological polar surface area (TPSA) is 69.6 Å². The highest BCUT2D eigenvalue weighted by Gasteiger charge is 2.55. The summed E-state index contributed by atoms with van der Waals surface area (Å²) in [6.45, 7) is 2.92. The fraction of sp³-hybridized carbons (Fsp3) is 0.529. The molecule has 2 fully saturated rings. The Morgan fingerprint density at radius 1 is 1.41 bits per heavy atom. The number of rotatable bonds is 3. The Balaban J connectivity index is 1.73. The Morgan fingerprint density at radius 3 is 2.86 bits per heavy atom. The lowest BCUT2D eigenvalue weighted by molar-refractivity contribution is -0.149. The van der Waals surface area contributed by atoms with Crippen LogP contribution in [0.1, 0.15) is 31.7 Å². The van der Waals surface area contributed by atoms with E-state index >= 15 is 0 Å². The van der Waals surface area contributed by atoms with E-state index in [1.54, 1.807) is 4.90 Å². The summed E-state index contributed by atoms with van der Waals surface area (Å²) < 4.78 is 0. The number of para-hydroxylation sites is 1. The van der Waals surface area contributed by atoms with Gasteiger partial charge in [0.2, 0.25) is 0 Å². The predicted octanol–water partition coefficient (Wildman–Crippen LogP) is 2.97. The minimum atomic E-state index is -0.751. The minimum absolute atomic E-state index is 0.0946. The van der Waals surface area contributed by atoms with E-state index in [4.69, 9.17) is 0 Å². The zero-order valence-corrected chi connectivity index (χ0v) is 12.8. The molecule has 0 bridgehead atoms. The van der Waals surface area contributed by atoms with Gasteiger partial charge in [-0.15, -0.1) is 0 Å². The molecular formula is C17H22N2O3. The number of anilines is 1. The molecule has 2 amide bonds. The lowest BCUT2D eigenvalue weighted by Crippen LogP contribution is -2.38. The van der Waals surface area contributed by atoms with E-state index in [0.29, 0.717) is 19.5 Å². The molecule has 1 aliphatic carbocycles. The van der Waals surface area contributed by atoms with Gasteiger partial charge in [0.1, 0.15) is 0 Å². The number of aryl methyl sites for hydroxylation is 1. The number of nitrogens with one attached hydrogen (secondary N) is 1. The average molecular weight is 302 g/mol. The van der Waals surface area contributed by atoms with Crippen molar-refractivity contribution in [3.05, 3.63) is 29.8 Å². The second kappa shape index (κ2) is 5.63. The average Bonchev–Trinajstić information content (AvgIpc) is 3.05. The minimum Gasteiger partial charge on any atom is -0.481 e. The number of likely N-dealkylation sites (tertiary alicyclic amines) is 1. The molecule has 1 aromatic rings. The van der Waals surface area contributed by atoms with Crippen molar-refractivity contribution in [1.82, 2.24) is 4.90 Å². The summed E-state index contributed by atoms with van der Waals surface area (Å²) in [4.78, 5) is 25.8. The van der Waals surface area contributed by atoms with Gasteiger partial charge in [-0.2, -0.15) is 0 Å². The molecule has 0 spiro atoms. The quantitative estimate of drug-likeness (QED) is 0.902. The first kappa shape index (κ1) is 14.9. The molecule has 5 nitrogen and oxygen atoms in total. The Hall–Kier alpha value is -2.04. The number of benzene rings is 1. The lowest BCUT2D eigenvalue weighted by atomic mass is 9.81. The number of aliphatic carboxylic acids is 1. The molecule has 2 N–H and O–H groups in total. The SMILES string of the molecule is CCc1ccccc1NC(=O)N1C[C@@H]2CCC[C@@]2(C(=O)O)C1. The standard InChI is InChI=1S/C17H22N2O3/c1-2-12-6-3-4-8-14(12)18-16(22)19-10-13-7-5-9-17(13,11-19)15(20)21/h3-4,6,8,13H,2,5,7,9-11H2,1H3,(H,18,22)(H,20,21)/t13-,17+/m0/s1. The van der Waals surface area contributed by atoms with E-state index < -0.39 is 11.4 Å². The molecule has 5 heteroatoms. The van der Waals surface area contributed by atoms with Gasteiger partial charge in [0.15, 0.2) is 0 Å². The largest absolute Gasteiger partial charge is 0.481 e. The molecule has 0 unspecified atom stereocenters. The summed E-state index contributed by atoms with van der Waals surface area (Å²) in [5, 5.41) is 12.5. The Bertz CT molecular complexity index is 601. The van der Waals surface area contributed by atoms with Crippen LogP contribution in [0.2, 0.25) is 0 Å². The second-order valence-corrected chi connectivity index (χ2v) is 6.37. The number of nitrogens with zero attached hydrogens (tertiary/aromatic N) is 1. The molecule has 3 rings (SSSR count). The molecule has 22 heavy (non-hydrogen) atoms. The van der Waals surface area contributed by atoms with Crippen LogP contribution in [0.5, 0.6) is 0 Å². The summed E-state index contributed by atoms with van der Waals surface area (Å²) in [6, 6.07) is 7.55. The van der Waals surface area contributed by atoms with Gasteiger partial charge in [0.25, 0.3) is 0 Å². The normalized spacial score (nSPS) is 26.8. The van der Waals surface area contributed by atoms with Crippen molar-refractivity contribution in [3.8, 4) is 0 Å². The first-order valence-electron chi connectivity index (χ1n) is 7.94. The van der Waals surface area contributed by atoms with E-state index in [1.165, 1.54) is 0 Å². The van der Waals surface area contributed by atoms with Crippen molar-refractivity contribution in [2.24, 2.45) is 11.3 Å². The monoisotopic (exact) mass is 302 g/mol. The van der Waals surface area contributed by atoms with Crippen LogP contribution in [0.15, 0.2) is 24.3 Å². The van der Waals surface area contributed by atoms with E-state index in [1.807, 2.05) is 31.2 Å². The van der Waals surface area contributed by atoms with Crippen molar-refractivity contribution >= 4 is 17.7 Å². The van der Waals surface area contributed by atoms with Crippen LogP contribution in [0.4, 0.5) is 10.5 Å². The summed E-state index contributed by atoms with van der Waals surface area (Å²) >= 11 is 0. The number of hydrogen-bond donors (Lipinski definition) is 2. The van der Waals surface area contributed by atoms with E-state index in [-0.39, 0.29) is 11.9 Å². The van der Waals surface area contributed by atoms with Gasteiger partial charge in [-0.3, -0.25) is 4.79 Å². The van der Waals surface area contributed by atoms with Gasteiger partial charge >= 0.3 is 12.0 Å². The van der Waals surface area contributed by atoms with Crippen LogP contribution in [0.25, 0.3) is 0 Å². The third kappa shape index (κ3) is 2.34. The van der Waals surface area contributed by atoms with E-state index in [2.05, 4.69) is 5.32 Å². The number of carboxylic acid groups (broad SMARTS) is 1. The van der Waals surface area contributed by atoms with Crippen LogP contribution < -0.4 is 5.32 Å². The molecule has 1 saturated heterocycles. The van der Waals surface area contributed by atoms with Crippen LogP contribution in [0.3, 0.4) is 0 Å². The Kier molecular flexibility index (Phi) is 3.81. The molecule has 118 valence electrons. The maximum atomic E-state index is 12.5.